The second-order valence-corrected chi connectivity index (χ2v) is 17.8. The molecule has 6 heterocycles. The van der Waals surface area contributed by atoms with Crippen molar-refractivity contribution in [3.05, 3.63) is 108 Å². The highest BCUT2D eigenvalue weighted by atomic mass is 128. The lowest BCUT2D eigenvalue weighted by Gasteiger charge is -2.18. The van der Waals surface area contributed by atoms with Crippen LogP contribution in [0.3, 0.4) is 0 Å². The number of carbonyl (C=O) groups is 2. The summed E-state index contributed by atoms with van der Waals surface area (Å²) in [6, 6.07) is 19.9. The van der Waals surface area contributed by atoms with Crippen molar-refractivity contribution in [2.75, 3.05) is 86.1 Å². The number of ether oxygens (including phenoxy) is 2. The van der Waals surface area contributed by atoms with Crippen LogP contribution in [0.5, 0.6) is 0 Å². The van der Waals surface area contributed by atoms with E-state index >= 15 is 0 Å². The maximum absolute atomic E-state index is 14.2. The Hall–Kier alpha value is -6.07. The zero-order valence-electron chi connectivity index (χ0n) is 40.4. The fourth-order valence-electron chi connectivity index (χ4n) is 6.48. The Kier molecular flexibility index (Phi) is 24.3. The van der Waals surface area contributed by atoms with Crippen LogP contribution in [0.15, 0.2) is 85.2 Å². The highest BCUT2D eigenvalue weighted by molar-refractivity contribution is 15.0. The standard InChI is InChI=1S/2C20H19FN8O2.2C2H6OS.I2.HI/c2*1-28(20(30)31-2)15-16(22)25-18(26-17(15)23)14-12-7-5-9-24-19(12)29(27-14)10-11-6-3-4-8-13(11)21;2*1-4(2)3;1-2;/h2*3-9H,10H2,1-2H3,(H4,22,23,25,26);2*1-2H3;;1H. The third-order valence-corrected chi connectivity index (χ3v) is 9.44. The second kappa shape index (κ2) is 29.0. The molecule has 0 radical (unpaired) electrons. The Morgan fingerprint density at radius 1 is 0.589 bits per heavy atom. The van der Waals surface area contributed by atoms with Crippen LogP contribution in [0.2, 0.25) is 0 Å². The number of halogens is 5. The van der Waals surface area contributed by atoms with Crippen molar-refractivity contribution < 1.29 is 36.3 Å². The number of anilines is 6. The van der Waals surface area contributed by atoms with Gasteiger partial charge in [-0.25, -0.2) is 57.6 Å². The number of hydrogen-bond acceptors (Lipinski definition) is 18. The van der Waals surface area contributed by atoms with Crippen LogP contribution in [0.4, 0.5) is 53.0 Å². The van der Waals surface area contributed by atoms with Crippen molar-refractivity contribution >= 4 is 152 Å². The van der Waals surface area contributed by atoms with Crippen LogP contribution in [0.1, 0.15) is 11.1 Å². The van der Waals surface area contributed by atoms with Gasteiger partial charge in [0.25, 0.3) is 0 Å². The lowest BCUT2D eigenvalue weighted by atomic mass is 10.2. The lowest BCUT2D eigenvalue weighted by Crippen LogP contribution is -2.28. The van der Waals surface area contributed by atoms with Crippen molar-refractivity contribution in [2.24, 2.45) is 0 Å². The molecule has 0 spiro atoms. The van der Waals surface area contributed by atoms with E-state index in [1.54, 1.807) is 107 Å². The van der Waals surface area contributed by atoms with Crippen LogP contribution in [0, 0.1) is 11.6 Å². The minimum atomic E-state index is -0.668. The fourth-order valence-corrected chi connectivity index (χ4v) is 6.48. The summed E-state index contributed by atoms with van der Waals surface area (Å²) in [6.45, 7) is 0.322. The first-order valence-electron chi connectivity index (χ1n) is 20.5. The SMILES string of the molecule is COC(=O)N(C)c1c(N)nc(-c2nn(Cc3ccccc3F)c3ncccc23)nc1N.COC(=O)N(C)c1c(N)nc(-c2nn(Cc3ccccc3F)c3ncccc23)nc1N.CS(C)=O.CS(C)=O.I.II. The third kappa shape index (κ3) is 16.0. The van der Waals surface area contributed by atoms with Gasteiger partial charge >= 0.3 is 12.2 Å². The Balaban J connectivity index is 0.000000323. The molecule has 0 saturated heterocycles. The van der Waals surface area contributed by atoms with Crippen molar-refractivity contribution in [3.63, 3.8) is 0 Å². The number of rotatable bonds is 8. The van der Waals surface area contributed by atoms with E-state index in [9.17, 15) is 26.8 Å². The first-order chi connectivity index (χ1) is 34.3. The van der Waals surface area contributed by atoms with Crippen LogP contribution >= 0.6 is 61.2 Å². The van der Waals surface area contributed by atoms with E-state index in [0.717, 1.165) is 9.80 Å². The Morgan fingerprint density at radius 3 is 1.18 bits per heavy atom. The normalized spacial score (nSPS) is 10.3. The molecule has 390 valence electrons. The van der Waals surface area contributed by atoms with Crippen LogP contribution in [-0.4, -0.2) is 123 Å². The summed E-state index contributed by atoms with van der Waals surface area (Å²) in [6.07, 6.45) is 8.45. The summed E-state index contributed by atoms with van der Waals surface area (Å²) in [5.41, 5.74) is 27.2. The number of benzene rings is 2. The molecule has 8 N–H and O–H groups in total. The van der Waals surface area contributed by atoms with E-state index in [2.05, 4.69) is 86.8 Å². The van der Waals surface area contributed by atoms with Gasteiger partial charge in [0.2, 0.25) is 0 Å². The molecule has 0 unspecified atom stereocenters. The number of pyridine rings is 2. The van der Waals surface area contributed by atoms with Gasteiger partial charge in [-0.05, 0) is 36.4 Å². The largest absolute Gasteiger partial charge is 0.452 e. The predicted molar refractivity (Wildman–Crippen MR) is 311 cm³/mol. The van der Waals surface area contributed by atoms with Gasteiger partial charge in [-0.15, -0.1) is 24.0 Å². The maximum Gasteiger partial charge on any atom is 0.413 e. The van der Waals surface area contributed by atoms with Gasteiger partial charge in [0, 0.05) is 121 Å². The molecule has 8 aromatic rings. The van der Waals surface area contributed by atoms with E-state index in [4.69, 9.17) is 22.9 Å². The Labute approximate surface area is 463 Å². The van der Waals surface area contributed by atoms with Gasteiger partial charge < -0.3 is 32.4 Å². The van der Waals surface area contributed by atoms with Gasteiger partial charge in [0.1, 0.15) is 34.4 Å². The monoisotopic (exact) mass is 1380 g/mol. The van der Waals surface area contributed by atoms with Gasteiger partial charge in [-0.1, -0.05) is 36.4 Å². The first kappa shape index (κ1) is 61.2. The summed E-state index contributed by atoms with van der Waals surface area (Å²) in [7, 11) is 4.14. The number of nitrogens with zero attached hydrogens (tertiary/aromatic N) is 12. The van der Waals surface area contributed by atoms with Gasteiger partial charge in [-0.2, -0.15) is 10.2 Å². The van der Waals surface area contributed by atoms with Crippen molar-refractivity contribution in [1.82, 2.24) is 49.5 Å². The summed E-state index contributed by atoms with van der Waals surface area (Å²) in [5.74, 6) is -0.448. The number of nitrogen functional groups attached to an aromatic ring is 4. The van der Waals surface area contributed by atoms with Crippen LogP contribution < -0.4 is 32.7 Å². The van der Waals surface area contributed by atoms with E-state index in [1.165, 1.54) is 40.4 Å². The van der Waals surface area contributed by atoms with Crippen molar-refractivity contribution in [1.29, 1.82) is 0 Å². The van der Waals surface area contributed by atoms with Crippen LogP contribution in [-0.2, 0) is 44.2 Å². The fraction of sp³-hybridized carbons (Fsp3) is 0.227. The molecule has 6 aromatic heterocycles. The van der Waals surface area contributed by atoms with Crippen molar-refractivity contribution in [2.45, 2.75) is 13.1 Å². The molecular weight excluding hydrogens is 1330 g/mol. The molecule has 0 aliphatic heterocycles. The first-order valence-corrected chi connectivity index (χ1v) is 30.7. The number of nitrogens with two attached hydrogens (primary N) is 4. The van der Waals surface area contributed by atoms with Gasteiger partial charge in [0.15, 0.2) is 46.2 Å². The van der Waals surface area contributed by atoms with Crippen LogP contribution in [0.25, 0.3) is 45.1 Å². The summed E-state index contributed by atoms with van der Waals surface area (Å²) < 4.78 is 59.9. The van der Waals surface area contributed by atoms with E-state index < -0.39 is 33.8 Å². The molecule has 0 atom stereocenters. The van der Waals surface area contributed by atoms with E-state index in [-0.39, 0.29) is 95.0 Å². The van der Waals surface area contributed by atoms with Gasteiger partial charge in [-0.3, -0.25) is 18.2 Å². The Bertz CT molecular complexity index is 2960. The van der Waals surface area contributed by atoms with E-state index in [0.29, 0.717) is 44.6 Å². The second-order valence-electron chi connectivity index (χ2n) is 14.8. The lowest BCUT2D eigenvalue weighted by molar-refractivity contribution is 0.179. The highest BCUT2D eigenvalue weighted by Crippen LogP contribution is 2.34. The van der Waals surface area contributed by atoms with Crippen molar-refractivity contribution in [3.8, 4) is 23.0 Å². The average molecular weight is 1380 g/mol. The molecule has 2 aromatic carbocycles. The zero-order valence-corrected chi connectivity index (χ0v) is 48.6. The third-order valence-electron chi connectivity index (χ3n) is 9.44. The van der Waals surface area contributed by atoms with E-state index in [1.807, 2.05) is 0 Å². The molecule has 29 heteroatoms. The topological polar surface area (TPSA) is 310 Å². The summed E-state index contributed by atoms with van der Waals surface area (Å²) >= 11 is 4.24. The number of aromatic nitrogens is 10. The molecule has 0 aliphatic carbocycles. The Morgan fingerprint density at radius 2 is 0.890 bits per heavy atom. The summed E-state index contributed by atoms with van der Waals surface area (Å²) in [4.78, 5) is 51.8. The molecule has 73 heavy (non-hydrogen) atoms. The molecule has 0 saturated carbocycles. The molecular formula is C44H51F2I3N16O6S2. The molecule has 0 fully saturated rings. The number of hydrogen-bond donors (Lipinski definition) is 4. The number of fused-ring (bicyclic) bond motifs is 2. The number of carbonyl (C=O) groups excluding carboxylic acids is 2. The summed E-state index contributed by atoms with van der Waals surface area (Å²) in [5, 5.41) is 10.4. The minimum Gasteiger partial charge on any atom is -0.452 e. The average Bonchev–Trinajstić information content (AvgIpc) is 3.90. The molecule has 2 amide bonds. The molecule has 0 bridgehead atoms. The number of methoxy groups -OCH3 is 2. The van der Waals surface area contributed by atoms with Gasteiger partial charge in [0.05, 0.1) is 38.1 Å². The smallest absolute Gasteiger partial charge is 0.413 e. The molecule has 22 nitrogen and oxygen atoms in total. The number of amides is 2. The molecule has 8 rings (SSSR count). The predicted octanol–water partition coefficient (Wildman–Crippen LogP) is 7.26. The quantitative estimate of drug-likeness (QED) is 0.109. The highest BCUT2D eigenvalue weighted by Gasteiger charge is 2.25. The zero-order chi connectivity index (χ0) is 53.4. The molecule has 0 aliphatic rings. The maximum atomic E-state index is 14.2. The minimum absolute atomic E-state index is 0.